The Morgan fingerprint density at radius 1 is 1.56 bits per heavy atom. The number of nitrogens with two attached hydrogens (primary N) is 1. The topological polar surface area (TPSA) is 77.0 Å². The minimum absolute atomic E-state index is 0.241. The minimum atomic E-state index is -0.886. The molecule has 5 nitrogen and oxygen atoms in total. The summed E-state index contributed by atoms with van der Waals surface area (Å²) in [6, 6.07) is 0.513. The van der Waals surface area contributed by atoms with Crippen molar-refractivity contribution < 1.29 is 5.11 Å². The molecule has 1 aliphatic carbocycles. The van der Waals surface area contributed by atoms with Crippen molar-refractivity contribution in [3.63, 3.8) is 0 Å². The van der Waals surface area contributed by atoms with Gasteiger partial charge in [-0.05, 0) is 19.8 Å². The van der Waals surface area contributed by atoms with Crippen LogP contribution >= 0.6 is 0 Å². The van der Waals surface area contributed by atoms with Gasteiger partial charge in [-0.15, -0.1) is 10.2 Å². The molecule has 90 valence electrons. The molecule has 1 aliphatic rings. The van der Waals surface area contributed by atoms with Crippen LogP contribution in [0.25, 0.3) is 0 Å². The van der Waals surface area contributed by atoms with E-state index in [4.69, 9.17) is 5.73 Å². The average Bonchev–Trinajstić information content (AvgIpc) is 2.86. The SMILES string of the molecule is CC(O)(CN)Cc1nncn1C1CCCC1. The lowest BCUT2D eigenvalue weighted by Crippen LogP contribution is -2.37. The number of rotatable bonds is 4. The molecule has 1 saturated carbocycles. The third-order valence-corrected chi connectivity index (χ3v) is 3.34. The first-order valence-electron chi connectivity index (χ1n) is 5.93. The minimum Gasteiger partial charge on any atom is -0.388 e. The summed E-state index contributed by atoms with van der Waals surface area (Å²) in [4.78, 5) is 0. The van der Waals surface area contributed by atoms with Crippen molar-refractivity contribution in [2.75, 3.05) is 6.54 Å². The molecule has 0 aromatic carbocycles. The number of aliphatic hydroxyl groups is 1. The van der Waals surface area contributed by atoms with Gasteiger partial charge in [0.15, 0.2) is 0 Å². The standard InChI is InChI=1S/C11H20N4O/c1-11(16,7-12)6-10-14-13-8-15(10)9-4-2-3-5-9/h8-9,16H,2-7,12H2,1H3. The molecule has 2 rings (SSSR count). The summed E-state index contributed by atoms with van der Waals surface area (Å²) in [6.45, 7) is 1.98. The quantitative estimate of drug-likeness (QED) is 0.787. The normalized spacial score (nSPS) is 21.2. The van der Waals surface area contributed by atoms with E-state index >= 15 is 0 Å². The van der Waals surface area contributed by atoms with E-state index in [1.54, 1.807) is 13.3 Å². The summed E-state index contributed by atoms with van der Waals surface area (Å²) in [5.41, 5.74) is 4.63. The van der Waals surface area contributed by atoms with Gasteiger partial charge < -0.3 is 15.4 Å². The molecule has 0 saturated heterocycles. The number of hydrogen-bond donors (Lipinski definition) is 2. The molecular weight excluding hydrogens is 204 g/mol. The number of aromatic nitrogens is 3. The van der Waals surface area contributed by atoms with Gasteiger partial charge in [0.05, 0.1) is 5.60 Å². The number of nitrogens with zero attached hydrogens (tertiary/aromatic N) is 3. The van der Waals surface area contributed by atoms with Gasteiger partial charge in [-0.3, -0.25) is 0 Å². The molecule has 5 heteroatoms. The molecule has 3 N–H and O–H groups in total. The van der Waals surface area contributed by atoms with Crippen LogP contribution in [-0.4, -0.2) is 32.0 Å². The lowest BCUT2D eigenvalue weighted by atomic mass is 10.0. The first kappa shape index (κ1) is 11.5. The molecule has 1 aromatic rings. The van der Waals surface area contributed by atoms with E-state index in [1.807, 2.05) is 0 Å². The molecular formula is C11H20N4O. The maximum atomic E-state index is 9.96. The first-order valence-corrected chi connectivity index (χ1v) is 5.93. The van der Waals surface area contributed by atoms with Crippen LogP contribution in [0.5, 0.6) is 0 Å². The van der Waals surface area contributed by atoms with Gasteiger partial charge in [0.2, 0.25) is 0 Å². The second kappa shape index (κ2) is 4.51. The molecule has 0 bridgehead atoms. The van der Waals surface area contributed by atoms with Crippen LogP contribution in [0.3, 0.4) is 0 Å². The summed E-state index contributed by atoms with van der Waals surface area (Å²) < 4.78 is 2.11. The molecule has 1 heterocycles. The van der Waals surface area contributed by atoms with Gasteiger partial charge >= 0.3 is 0 Å². The predicted molar refractivity (Wildman–Crippen MR) is 60.9 cm³/mol. The molecule has 0 radical (unpaired) electrons. The van der Waals surface area contributed by atoms with Crippen molar-refractivity contribution in [3.05, 3.63) is 12.2 Å². The van der Waals surface area contributed by atoms with Crippen molar-refractivity contribution in [2.45, 2.75) is 50.7 Å². The lowest BCUT2D eigenvalue weighted by molar-refractivity contribution is 0.0661. The van der Waals surface area contributed by atoms with Gasteiger partial charge in [0.25, 0.3) is 0 Å². The van der Waals surface area contributed by atoms with E-state index in [2.05, 4.69) is 14.8 Å². The molecule has 1 unspecified atom stereocenters. The molecule has 1 atom stereocenters. The third-order valence-electron chi connectivity index (χ3n) is 3.34. The van der Waals surface area contributed by atoms with Gasteiger partial charge in [0.1, 0.15) is 12.2 Å². The van der Waals surface area contributed by atoms with Crippen molar-refractivity contribution in [1.82, 2.24) is 14.8 Å². The second-order valence-electron chi connectivity index (χ2n) is 4.97. The van der Waals surface area contributed by atoms with Crippen LogP contribution in [0.2, 0.25) is 0 Å². The summed E-state index contributed by atoms with van der Waals surface area (Å²) >= 11 is 0. The van der Waals surface area contributed by atoms with Crippen LogP contribution in [-0.2, 0) is 6.42 Å². The monoisotopic (exact) mass is 224 g/mol. The highest BCUT2D eigenvalue weighted by Gasteiger charge is 2.25. The molecule has 16 heavy (non-hydrogen) atoms. The maximum Gasteiger partial charge on any atom is 0.135 e. The Morgan fingerprint density at radius 2 is 2.25 bits per heavy atom. The Morgan fingerprint density at radius 3 is 2.88 bits per heavy atom. The van der Waals surface area contributed by atoms with Crippen LogP contribution in [0.1, 0.15) is 44.5 Å². The Kier molecular flexibility index (Phi) is 3.25. The Hall–Kier alpha value is -0.940. The fraction of sp³-hybridized carbons (Fsp3) is 0.818. The lowest BCUT2D eigenvalue weighted by Gasteiger charge is -2.22. The zero-order valence-electron chi connectivity index (χ0n) is 9.76. The van der Waals surface area contributed by atoms with Gasteiger partial charge in [-0.25, -0.2) is 0 Å². The second-order valence-corrected chi connectivity index (χ2v) is 4.97. The molecule has 0 aliphatic heterocycles. The van der Waals surface area contributed by atoms with E-state index in [9.17, 15) is 5.11 Å². The van der Waals surface area contributed by atoms with E-state index < -0.39 is 5.60 Å². The Balaban J connectivity index is 2.12. The smallest absolute Gasteiger partial charge is 0.135 e. The zero-order valence-corrected chi connectivity index (χ0v) is 9.76. The Labute approximate surface area is 95.7 Å². The first-order chi connectivity index (χ1) is 7.62. The van der Waals surface area contributed by atoms with Crippen molar-refractivity contribution in [1.29, 1.82) is 0 Å². The van der Waals surface area contributed by atoms with Crippen LogP contribution in [0, 0.1) is 0 Å². The summed E-state index contributed by atoms with van der Waals surface area (Å²) in [5.74, 6) is 0.849. The summed E-state index contributed by atoms with van der Waals surface area (Å²) in [7, 11) is 0. The largest absolute Gasteiger partial charge is 0.388 e. The van der Waals surface area contributed by atoms with Crippen molar-refractivity contribution >= 4 is 0 Å². The Bertz CT molecular complexity index is 342. The maximum absolute atomic E-state index is 9.96. The third kappa shape index (κ3) is 2.41. The molecule has 1 fully saturated rings. The molecule has 1 aromatic heterocycles. The van der Waals surface area contributed by atoms with E-state index in [0.29, 0.717) is 12.5 Å². The van der Waals surface area contributed by atoms with Gasteiger partial charge in [0, 0.05) is 19.0 Å². The summed E-state index contributed by atoms with van der Waals surface area (Å²) in [5, 5.41) is 18.0. The predicted octanol–water partition coefficient (Wildman–Crippen LogP) is 0.645. The number of hydrogen-bond acceptors (Lipinski definition) is 4. The average molecular weight is 224 g/mol. The van der Waals surface area contributed by atoms with Crippen LogP contribution < -0.4 is 5.73 Å². The summed E-state index contributed by atoms with van der Waals surface area (Å²) in [6.07, 6.45) is 7.18. The fourth-order valence-corrected chi connectivity index (χ4v) is 2.29. The van der Waals surface area contributed by atoms with E-state index in [0.717, 1.165) is 5.82 Å². The van der Waals surface area contributed by atoms with Crippen LogP contribution in [0.15, 0.2) is 6.33 Å². The van der Waals surface area contributed by atoms with Gasteiger partial charge in [-0.1, -0.05) is 12.8 Å². The highest BCUT2D eigenvalue weighted by molar-refractivity contribution is 4.97. The van der Waals surface area contributed by atoms with Crippen LogP contribution in [0.4, 0.5) is 0 Å². The van der Waals surface area contributed by atoms with Crippen molar-refractivity contribution in [3.8, 4) is 0 Å². The highest BCUT2D eigenvalue weighted by atomic mass is 16.3. The van der Waals surface area contributed by atoms with Gasteiger partial charge in [-0.2, -0.15) is 0 Å². The molecule has 0 spiro atoms. The fourth-order valence-electron chi connectivity index (χ4n) is 2.29. The molecule has 0 amide bonds. The van der Waals surface area contributed by atoms with E-state index in [1.165, 1.54) is 25.7 Å². The van der Waals surface area contributed by atoms with Crippen molar-refractivity contribution in [2.24, 2.45) is 5.73 Å². The zero-order chi connectivity index (χ0) is 11.6. The highest BCUT2D eigenvalue weighted by Crippen LogP contribution is 2.30. The van der Waals surface area contributed by atoms with E-state index in [-0.39, 0.29) is 6.54 Å².